The molecule has 1 fully saturated rings. The third kappa shape index (κ3) is 2.71. The highest BCUT2D eigenvalue weighted by Crippen LogP contribution is 2.23. The van der Waals surface area contributed by atoms with Crippen LogP contribution >= 0.6 is 15.9 Å². The molecule has 82 valence electrons. The molecule has 0 radical (unpaired) electrons. The molecule has 3 heteroatoms. The van der Waals surface area contributed by atoms with Crippen LogP contribution in [0.4, 0.5) is 5.82 Å². The Kier molecular flexibility index (Phi) is 3.62. The zero-order valence-corrected chi connectivity index (χ0v) is 10.7. The molecule has 1 unspecified atom stereocenters. The molecule has 0 bridgehead atoms. The predicted molar refractivity (Wildman–Crippen MR) is 67.8 cm³/mol. The summed E-state index contributed by atoms with van der Waals surface area (Å²) in [5.41, 5.74) is 1.36. The van der Waals surface area contributed by atoms with Gasteiger partial charge in [0.1, 0.15) is 5.82 Å². The number of anilines is 1. The van der Waals surface area contributed by atoms with Crippen molar-refractivity contribution in [1.29, 1.82) is 0 Å². The van der Waals surface area contributed by atoms with Crippen LogP contribution in [-0.4, -0.2) is 22.9 Å². The summed E-state index contributed by atoms with van der Waals surface area (Å²) in [5, 5.41) is 0. The Balaban J connectivity index is 2.20. The molecule has 2 heterocycles. The lowest BCUT2D eigenvalue weighted by molar-refractivity contribution is 0.886. The van der Waals surface area contributed by atoms with E-state index in [4.69, 9.17) is 0 Å². The van der Waals surface area contributed by atoms with Gasteiger partial charge in [-0.2, -0.15) is 0 Å². The molecule has 1 aromatic rings. The quantitative estimate of drug-likeness (QED) is 0.784. The molecule has 0 amide bonds. The second-order valence-electron chi connectivity index (χ2n) is 4.17. The maximum Gasteiger partial charge on any atom is 0.131 e. The zero-order chi connectivity index (χ0) is 10.7. The standard InChI is InChI=1S/C12H17BrN2/c1-10(13)9-11-5-4-6-14-12(11)15-7-2-3-8-15/h4-6,10H,2-3,7-9H2,1H3. The fourth-order valence-corrected chi connectivity index (χ4v) is 2.46. The minimum absolute atomic E-state index is 0.517. The monoisotopic (exact) mass is 268 g/mol. The van der Waals surface area contributed by atoms with E-state index in [0.717, 1.165) is 6.42 Å². The molecule has 0 spiro atoms. The van der Waals surface area contributed by atoms with Gasteiger partial charge in [-0.3, -0.25) is 0 Å². The summed E-state index contributed by atoms with van der Waals surface area (Å²) in [6.07, 6.45) is 5.56. The number of aromatic nitrogens is 1. The summed E-state index contributed by atoms with van der Waals surface area (Å²) >= 11 is 3.61. The van der Waals surface area contributed by atoms with Crippen molar-refractivity contribution in [1.82, 2.24) is 4.98 Å². The highest BCUT2D eigenvalue weighted by molar-refractivity contribution is 9.09. The van der Waals surface area contributed by atoms with Crippen molar-refractivity contribution in [3.63, 3.8) is 0 Å². The highest BCUT2D eigenvalue weighted by atomic mass is 79.9. The van der Waals surface area contributed by atoms with Crippen molar-refractivity contribution in [3.8, 4) is 0 Å². The van der Waals surface area contributed by atoms with Crippen LogP contribution in [0.5, 0.6) is 0 Å². The van der Waals surface area contributed by atoms with Crippen LogP contribution in [0.25, 0.3) is 0 Å². The number of hydrogen-bond donors (Lipinski definition) is 0. The van der Waals surface area contributed by atoms with Crippen molar-refractivity contribution in [2.45, 2.75) is 31.0 Å². The third-order valence-electron chi connectivity index (χ3n) is 2.77. The number of nitrogens with zero attached hydrogens (tertiary/aromatic N) is 2. The first-order valence-electron chi connectivity index (χ1n) is 5.60. The van der Waals surface area contributed by atoms with Crippen molar-refractivity contribution in [2.24, 2.45) is 0 Å². The second-order valence-corrected chi connectivity index (χ2v) is 5.73. The maximum absolute atomic E-state index is 4.52. The molecule has 2 rings (SSSR count). The van der Waals surface area contributed by atoms with Crippen molar-refractivity contribution < 1.29 is 0 Å². The number of pyridine rings is 1. The van der Waals surface area contributed by atoms with Crippen LogP contribution in [0.3, 0.4) is 0 Å². The molecule has 2 nitrogen and oxygen atoms in total. The van der Waals surface area contributed by atoms with Gasteiger partial charge in [0.25, 0.3) is 0 Å². The fraction of sp³-hybridized carbons (Fsp3) is 0.583. The van der Waals surface area contributed by atoms with Crippen LogP contribution in [0.15, 0.2) is 18.3 Å². The summed E-state index contributed by atoms with van der Waals surface area (Å²) in [6.45, 7) is 4.52. The first-order chi connectivity index (χ1) is 7.27. The van der Waals surface area contributed by atoms with Gasteiger partial charge in [0.15, 0.2) is 0 Å². The van der Waals surface area contributed by atoms with E-state index >= 15 is 0 Å². The topological polar surface area (TPSA) is 16.1 Å². The van der Waals surface area contributed by atoms with Crippen LogP contribution in [-0.2, 0) is 6.42 Å². The van der Waals surface area contributed by atoms with Gasteiger partial charge in [0.2, 0.25) is 0 Å². The fourth-order valence-electron chi connectivity index (χ4n) is 2.11. The first kappa shape index (κ1) is 10.9. The molecule has 1 aromatic heterocycles. The number of halogens is 1. The van der Waals surface area contributed by atoms with Gasteiger partial charge in [-0.25, -0.2) is 4.98 Å². The van der Waals surface area contributed by atoms with Crippen molar-refractivity contribution in [2.75, 3.05) is 18.0 Å². The zero-order valence-electron chi connectivity index (χ0n) is 9.12. The average Bonchev–Trinajstić information content (AvgIpc) is 2.70. The molecule has 0 aliphatic carbocycles. The highest BCUT2D eigenvalue weighted by Gasteiger charge is 2.16. The number of alkyl halides is 1. The normalized spacial score (nSPS) is 18.1. The number of hydrogen-bond acceptors (Lipinski definition) is 2. The first-order valence-corrected chi connectivity index (χ1v) is 6.52. The lowest BCUT2D eigenvalue weighted by Crippen LogP contribution is -2.21. The maximum atomic E-state index is 4.52. The Bertz CT molecular complexity index is 319. The Labute approximate surface area is 99.8 Å². The van der Waals surface area contributed by atoms with Gasteiger partial charge in [0.05, 0.1) is 0 Å². The Hall–Kier alpha value is -0.570. The second kappa shape index (κ2) is 4.97. The van der Waals surface area contributed by atoms with Crippen molar-refractivity contribution in [3.05, 3.63) is 23.9 Å². The van der Waals surface area contributed by atoms with E-state index in [1.54, 1.807) is 0 Å². The van der Waals surface area contributed by atoms with Gasteiger partial charge in [-0.05, 0) is 30.9 Å². The van der Waals surface area contributed by atoms with Gasteiger partial charge in [-0.1, -0.05) is 28.9 Å². The van der Waals surface area contributed by atoms with Crippen LogP contribution < -0.4 is 4.90 Å². The van der Waals surface area contributed by atoms with E-state index in [1.807, 2.05) is 12.3 Å². The molecule has 1 atom stereocenters. The minimum Gasteiger partial charge on any atom is -0.356 e. The van der Waals surface area contributed by atoms with Gasteiger partial charge < -0.3 is 4.90 Å². The molecule has 0 N–H and O–H groups in total. The molecular weight excluding hydrogens is 252 g/mol. The summed E-state index contributed by atoms with van der Waals surface area (Å²) in [4.78, 5) is 7.44. The van der Waals surface area contributed by atoms with Crippen LogP contribution in [0.1, 0.15) is 25.3 Å². The molecular formula is C12H17BrN2. The smallest absolute Gasteiger partial charge is 0.131 e. The summed E-state index contributed by atoms with van der Waals surface area (Å²) in [7, 11) is 0. The van der Waals surface area contributed by atoms with Gasteiger partial charge in [-0.15, -0.1) is 0 Å². The lowest BCUT2D eigenvalue weighted by atomic mass is 10.1. The largest absolute Gasteiger partial charge is 0.356 e. The number of rotatable bonds is 3. The van der Waals surface area contributed by atoms with E-state index in [-0.39, 0.29) is 0 Å². The SMILES string of the molecule is CC(Br)Cc1cccnc1N1CCCC1. The van der Waals surface area contributed by atoms with Gasteiger partial charge in [0, 0.05) is 24.1 Å². The molecule has 1 aliphatic rings. The van der Waals surface area contributed by atoms with Crippen LogP contribution in [0, 0.1) is 0 Å². The molecule has 0 aromatic carbocycles. The van der Waals surface area contributed by atoms with Crippen LogP contribution in [0.2, 0.25) is 0 Å². The van der Waals surface area contributed by atoms with E-state index in [1.165, 1.54) is 37.3 Å². The summed E-state index contributed by atoms with van der Waals surface area (Å²) in [5.74, 6) is 1.20. The van der Waals surface area contributed by atoms with E-state index in [9.17, 15) is 0 Å². The average molecular weight is 269 g/mol. The minimum atomic E-state index is 0.517. The van der Waals surface area contributed by atoms with E-state index in [2.05, 4.69) is 38.8 Å². The predicted octanol–water partition coefficient (Wildman–Crippen LogP) is 3.01. The van der Waals surface area contributed by atoms with Crippen molar-refractivity contribution >= 4 is 21.7 Å². The molecule has 0 saturated carbocycles. The van der Waals surface area contributed by atoms with E-state index in [0.29, 0.717) is 4.83 Å². The Morgan fingerprint density at radius 3 is 2.87 bits per heavy atom. The third-order valence-corrected chi connectivity index (χ3v) is 3.10. The molecule has 1 saturated heterocycles. The van der Waals surface area contributed by atoms with E-state index < -0.39 is 0 Å². The summed E-state index contributed by atoms with van der Waals surface area (Å²) in [6, 6.07) is 4.22. The Morgan fingerprint density at radius 2 is 2.20 bits per heavy atom. The van der Waals surface area contributed by atoms with Gasteiger partial charge >= 0.3 is 0 Å². The molecule has 1 aliphatic heterocycles. The summed E-state index contributed by atoms with van der Waals surface area (Å²) < 4.78 is 0. The molecule has 15 heavy (non-hydrogen) atoms. The Morgan fingerprint density at radius 1 is 1.47 bits per heavy atom. The lowest BCUT2D eigenvalue weighted by Gasteiger charge is -2.20.